The molecular weight excluding hydrogens is 750 g/mol. The zero-order valence-electron chi connectivity index (χ0n) is 30.8. The van der Waals surface area contributed by atoms with Gasteiger partial charge in [0.2, 0.25) is 5.91 Å². The van der Waals surface area contributed by atoms with E-state index < -0.39 is 23.8 Å². The zero-order chi connectivity index (χ0) is 39.2. The van der Waals surface area contributed by atoms with E-state index in [1.165, 1.54) is 10.9 Å². The lowest BCUT2D eigenvalue weighted by Crippen LogP contribution is -2.42. The van der Waals surface area contributed by atoms with Gasteiger partial charge in [0.15, 0.2) is 5.82 Å². The van der Waals surface area contributed by atoms with Gasteiger partial charge >= 0.3 is 5.97 Å². The maximum atomic E-state index is 14.0. The smallest absolute Gasteiger partial charge is 0.336 e. The van der Waals surface area contributed by atoms with Crippen LogP contribution in [0.1, 0.15) is 95.2 Å². The maximum absolute atomic E-state index is 14.0. The van der Waals surface area contributed by atoms with E-state index in [0.717, 1.165) is 38.1 Å². The molecule has 5 aromatic rings. The largest absolute Gasteiger partial charge is 0.478 e. The zero-order valence-corrected chi connectivity index (χ0v) is 32.4. The minimum absolute atomic E-state index is 0.0117. The van der Waals surface area contributed by atoms with Gasteiger partial charge in [-0.25, -0.2) is 4.79 Å². The van der Waals surface area contributed by atoms with Gasteiger partial charge in [0.25, 0.3) is 11.8 Å². The molecule has 56 heavy (non-hydrogen) atoms. The highest BCUT2D eigenvalue weighted by molar-refractivity contribution is 7.15. The van der Waals surface area contributed by atoms with Crippen molar-refractivity contribution in [2.75, 3.05) is 25.0 Å². The van der Waals surface area contributed by atoms with Crippen LogP contribution < -0.4 is 5.32 Å². The van der Waals surface area contributed by atoms with Crippen LogP contribution in [0.25, 0.3) is 5.00 Å². The second-order valence-corrected chi connectivity index (χ2v) is 15.7. The average Bonchev–Trinajstić information content (AvgIpc) is 3.76. The number of aliphatic imine (C=N–C) groups is 1. The van der Waals surface area contributed by atoms with Crippen molar-refractivity contribution < 1.29 is 24.3 Å². The van der Waals surface area contributed by atoms with E-state index in [0.29, 0.717) is 53.6 Å². The van der Waals surface area contributed by atoms with E-state index in [4.69, 9.17) is 16.6 Å². The third kappa shape index (κ3) is 6.75. The van der Waals surface area contributed by atoms with E-state index in [9.17, 15) is 24.3 Å². The lowest BCUT2D eigenvalue weighted by atomic mass is 9.99. The first-order valence-corrected chi connectivity index (χ1v) is 19.4. The van der Waals surface area contributed by atoms with Gasteiger partial charge < -0.3 is 15.3 Å². The van der Waals surface area contributed by atoms with Crippen molar-refractivity contribution in [2.45, 2.75) is 52.1 Å². The van der Waals surface area contributed by atoms with E-state index in [-0.39, 0.29) is 36.0 Å². The molecule has 2 aromatic heterocycles. The molecule has 1 saturated heterocycles. The summed E-state index contributed by atoms with van der Waals surface area (Å²) in [5, 5.41) is 23.9. The fraction of sp³-hybridized carbons (Fsp3) is 0.262. The van der Waals surface area contributed by atoms with Gasteiger partial charge in [0.05, 0.1) is 35.4 Å². The predicted octanol–water partition coefficient (Wildman–Crippen LogP) is 6.64. The molecule has 0 aliphatic carbocycles. The summed E-state index contributed by atoms with van der Waals surface area (Å²) in [6.45, 7) is 6.97. The number of halogens is 1. The normalized spacial score (nSPS) is 16.4. The van der Waals surface area contributed by atoms with Crippen molar-refractivity contribution in [1.29, 1.82) is 0 Å². The summed E-state index contributed by atoms with van der Waals surface area (Å²) >= 11 is 7.92. The van der Waals surface area contributed by atoms with Crippen molar-refractivity contribution >= 4 is 58.0 Å². The molecule has 1 fully saturated rings. The summed E-state index contributed by atoms with van der Waals surface area (Å²) in [5.74, 6) is 5.04. The number of rotatable bonds is 7. The SMILES string of the molecule is Cc1sc2c(c1C)C(c1ccc(Cl)cc1)=N[C@@H](CC(=O)N1CCC(Nc3ccc(C(=O)O)c(C#CCN4C(=O)c5ccccc5C4=O)c3)CC1)c1nnc(C)n1-2. The minimum atomic E-state index is -1.14. The number of carbonyl (C=O) groups excluding carboxylic acids is 3. The van der Waals surface area contributed by atoms with Gasteiger partial charge in [0.1, 0.15) is 16.9 Å². The van der Waals surface area contributed by atoms with Gasteiger partial charge in [-0.3, -0.25) is 28.8 Å². The molecule has 3 aliphatic rings. The van der Waals surface area contributed by atoms with Crippen LogP contribution in [0.3, 0.4) is 0 Å². The Kier molecular flexibility index (Phi) is 9.78. The number of carboxylic acids is 1. The fourth-order valence-electron chi connectivity index (χ4n) is 7.46. The fourth-order valence-corrected chi connectivity index (χ4v) is 8.80. The Balaban J connectivity index is 0.957. The number of aryl methyl sites for hydroxylation is 2. The number of fused-ring (bicyclic) bond motifs is 4. The van der Waals surface area contributed by atoms with Crippen LogP contribution >= 0.6 is 22.9 Å². The van der Waals surface area contributed by atoms with E-state index in [2.05, 4.69) is 41.2 Å². The Morgan fingerprint density at radius 3 is 2.34 bits per heavy atom. The summed E-state index contributed by atoms with van der Waals surface area (Å²) in [7, 11) is 0. The van der Waals surface area contributed by atoms with E-state index in [1.54, 1.807) is 47.7 Å². The maximum Gasteiger partial charge on any atom is 0.336 e. The number of nitrogens with one attached hydrogen (secondary N) is 1. The molecule has 0 spiro atoms. The monoisotopic (exact) mass is 785 g/mol. The summed E-state index contributed by atoms with van der Waals surface area (Å²) in [4.78, 5) is 60.9. The first-order chi connectivity index (χ1) is 27.0. The third-order valence-corrected chi connectivity index (χ3v) is 12.0. The molecule has 8 rings (SSSR count). The quantitative estimate of drug-likeness (QED) is 0.138. The van der Waals surface area contributed by atoms with Gasteiger partial charge in [-0.2, -0.15) is 0 Å². The Labute approximate surface area is 331 Å². The number of hydrogen-bond acceptors (Lipinski definition) is 9. The first kappa shape index (κ1) is 36.9. The molecule has 3 aromatic carbocycles. The molecule has 3 aliphatic heterocycles. The van der Waals surface area contributed by atoms with Crippen molar-refractivity contribution in [3.63, 3.8) is 0 Å². The van der Waals surface area contributed by atoms with Crippen LogP contribution in [0.4, 0.5) is 5.69 Å². The molecule has 0 unspecified atom stereocenters. The highest BCUT2D eigenvalue weighted by Gasteiger charge is 2.35. The van der Waals surface area contributed by atoms with Crippen LogP contribution in [0.2, 0.25) is 5.02 Å². The molecule has 0 radical (unpaired) electrons. The number of aromatic nitrogens is 3. The number of amides is 3. The summed E-state index contributed by atoms with van der Waals surface area (Å²) in [6.07, 6.45) is 1.46. The molecular formula is C42H36ClN7O5S. The predicted molar refractivity (Wildman–Crippen MR) is 213 cm³/mol. The highest BCUT2D eigenvalue weighted by Crippen LogP contribution is 2.40. The van der Waals surface area contributed by atoms with Gasteiger partial charge in [-0.05, 0) is 81.6 Å². The topological polar surface area (TPSA) is 150 Å². The van der Waals surface area contributed by atoms with Crippen LogP contribution in [0, 0.1) is 32.6 Å². The first-order valence-electron chi connectivity index (χ1n) is 18.2. The molecule has 0 bridgehead atoms. The van der Waals surface area contributed by atoms with Gasteiger partial charge in [-0.1, -0.05) is 47.7 Å². The molecule has 1 atom stereocenters. The number of likely N-dealkylation sites (tertiary alicyclic amines) is 1. The summed E-state index contributed by atoms with van der Waals surface area (Å²) < 4.78 is 2.04. The van der Waals surface area contributed by atoms with Gasteiger partial charge in [0, 0.05) is 51.4 Å². The second-order valence-electron chi connectivity index (χ2n) is 14.0. The van der Waals surface area contributed by atoms with Crippen LogP contribution in [0.5, 0.6) is 0 Å². The third-order valence-electron chi connectivity index (χ3n) is 10.5. The number of imide groups is 1. The number of thiophene rings is 1. The molecule has 5 heterocycles. The minimum Gasteiger partial charge on any atom is -0.478 e. The average molecular weight is 786 g/mol. The number of carboxylic acid groups (broad SMARTS) is 1. The Hall–Kier alpha value is -6.10. The highest BCUT2D eigenvalue weighted by atomic mass is 35.5. The Morgan fingerprint density at radius 2 is 1.66 bits per heavy atom. The van der Waals surface area contributed by atoms with E-state index >= 15 is 0 Å². The van der Waals surface area contributed by atoms with Crippen molar-refractivity contribution in [3.8, 4) is 16.8 Å². The second kappa shape index (κ2) is 14.9. The number of carbonyl (C=O) groups is 4. The van der Waals surface area contributed by atoms with Gasteiger partial charge in [-0.15, -0.1) is 21.5 Å². The number of aromatic carboxylic acids is 1. The summed E-state index contributed by atoms with van der Waals surface area (Å²) in [6, 6.07) is 18.5. The van der Waals surface area contributed by atoms with Crippen molar-refractivity contribution in [3.05, 3.63) is 127 Å². The van der Waals surface area contributed by atoms with Crippen LogP contribution in [-0.2, 0) is 4.79 Å². The standard InChI is InChI=1S/C42H36ClN7O5S/c1-23-24(2)56-41-36(23)37(26-10-12-28(43)13-11-26)45-34(38-47-46-25(3)50(38)41)22-35(51)48-19-16-29(17-20-48)44-30-14-15-31(42(54)55)27(21-30)7-6-18-49-39(52)32-8-4-5-9-33(32)40(49)53/h4-5,8-15,21,29,34,44H,16-20,22H2,1-3H3,(H,54,55)/t34-/m0/s1. The number of piperidine rings is 1. The van der Waals surface area contributed by atoms with Crippen LogP contribution in [0.15, 0.2) is 71.7 Å². The lowest BCUT2D eigenvalue weighted by Gasteiger charge is -2.33. The Morgan fingerprint density at radius 1 is 0.964 bits per heavy atom. The Bertz CT molecular complexity index is 2500. The van der Waals surface area contributed by atoms with Crippen LogP contribution in [-0.4, -0.2) is 84.7 Å². The number of hydrogen-bond donors (Lipinski definition) is 2. The number of anilines is 1. The van der Waals surface area contributed by atoms with Crippen molar-refractivity contribution in [1.82, 2.24) is 24.6 Å². The lowest BCUT2D eigenvalue weighted by molar-refractivity contribution is -0.132. The number of benzene rings is 3. The molecule has 282 valence electrons. The summed E-state index contributed by atoms with van der Waals surface area (Å²) in [5.41, 5.74) is 5.44. The molecule has 3 amide bonds. The van der Waals surface area contributed by atoms with Crippen molar-refractivity contribution in [2.24, 2.45) is 4.99 Å². The number of nitrogens with zero attached hydrogens (tertiary/aromatic N) is 6. The molecule has 0 saturated carbocycles. The van der Waals surface area contributed by atoms with E-state index in [1.807, 2.05) is 40.7 Å². The molecule has 12 nitrogen and oxygen atoms in total. The molecule has 14 heteroatoms. The molecule has 2 N–H and O–H groups in total.